The number of nitrogens with one attached hydrogen (secondary N) is 3. The molecule has 3 N–H and O–H groups in total. The lowest BCUT2D eigenvalue weighted by atomic mass is 10.0. The Morgan fingerprint density at radius 2 is 2.33 bits per heavy atom. The minimum absolute atomic E-state index is 0.101. The topological polar surface area (TPSA) is 73.0 Å². The van der Waals surface area contributed by atoms with Gasteiger partial charge in [-0.2, -0.15) is 16.9 Å². The van der Waals surface area contributed by atoms with Crippen LogP contribution in [0.25, 0.3) is 0 Å². The van der Waals surface area contributed by atoms with Gasteiger partial charge in [-0.25, -0.2) is 0 Å². The van der Waals surface area contributed by atoms with Crippen LogP contribution < -0.4 is 10.6 Å². The Bertz CT molecular complexity index is 472. The molecule has 2 aliphatic rings. The van der Waals surface area contributed by atoms with E-state index in [9.17, 15) is 4.79 Å². The van der Waals surface area contributed by atoms with E-state index in [-0.39, 0.29) is 11.9 Å². The summed E-state index contributed by atoms with van der Waals surface area (Å²) < 4.78 is 0. The van der Waals surface area contributed by atoms with E-state index in [4.69, 9.17) is 0 Å². The molecule has 3 rings (SSSR count). The van der Waals surface area contributed by atoms with E-state index in [0.29, 0.717) is 6.42 Å². The van der Waals surface area contributed by atoms with Crippen LogP contribution in [0.15, 0.2) is 6.20 Å². The number of carbonyl (C=O) groups is 1. The molecule has 0 spiro atoms. The number of fused-ring (bicyclic) bond motifs is 1. The van der Waals surface area contributed by atoms with Gasteiger partial charge in [-0.1, -0.05) is 0 Å². The number of amides is 1. The van der Waals surface area contributed by atoms with Crippen LogP contribution in [0.2, 0.25) is 0 Å². The second-order valence-electron chi connectivity index (χ2n) is 5.61. The highest BCUT2D eigenvalue weighted by atomic mass is 32.2. The second-order valence-corrected chi connectivity index (χ2v) is 6.83. The van der Waals surface area contributed by atoms with Crippen molar-refractivity contribution in [2.75, 3.05) is 37.7 Å². The third-order valence-corrected chi connectivity index (χ3v) is 5.07. The Balaban J connectivity index is 1.35. The third kappa shape index (κ3) is 3.99. The maximum absolute atomic E-state index is 12.2. The van der Waals surface area contributed by atoms with Gasteiger partial charge < -0.3 is 15.5 Å². The number of thioether (sulfide) groups is 1. The predicted octanol–water partition coefficient (Wildman–Crippen LogP) is -0.0209. The fourth-order valence-electron chi connectivity index (χ4n) is 2.82. The highest BCUT2D eigenvalue weighted by Crippen LogP contribution is 2.13. The highest BCUT2D eigenvalue weighted by molar-refractivity contribution is 7.99. The van der Waals surface area contributed by atoms with Crippen molar-refractivity contribution in [1.29, 1.82) is 0 Å². The fraction of sp³-hybridized carbons (Fsp3) is 0.714. The summed E-state index contributed by atoms with van der Waals surface area (Å²) in [6, 6.07) is -0.135. The van der Waals surface area contributed by atoms with Gasteiger partial charge in [0.05, 0.1) is 12.2 Å². The molecule has 1 aromatic heterocycles. The van der Waals surface area contributed by atoms with Crippen molar-refractivity contribution >= 4 is 17.7 Å². The molecule has 0 aromatic carbocycles. The van der Waals surface area contributed by atoms with Gasteiger partial charge in [0.15, 0.2) is 0 Å². The normalized spacial score (nSPS) is 22.8. The lowest BCUT2D eigenvalue weighted by Crippen LogP contribution is -2.48. The van der Waals surface area contributed by atoms with Gasteiger partial charge in [0.1, 0.15) is 0 Å². The zero-order valence-corrected chi connectivity index (χ0v) is 13.0. The molecular formula is C14H23N5OS. The highest BCUT2D eigenvalue weighted by Gasteiger charge is 2.24. The monoisotopic (exact) mass is 309 g/mol. The van der Waals surface area contributed by atoms with Gasteiger partial charge in [-0.15, -0.1) is 0 Å². The standard InChI is InChI=1S/C14H23N5OS/c20-14(13-8-12-11(9-16-13)10-17-18-12)15-2-1-3-19-4-6-21-7-5-19/h10,13,16H,1-9H2,(H,15,20)(H,17,18). The first-order chi connectivity index (χ1) is 10.3. The van der Waals surface area contributed by atoms with Crippen LogP contribution >= 0.6 is 11.8 Å². The van der Waals surface area contributed by atoms with Gasteiger partial charge in [0.2, 0.25) is 5.91 Å². The first kappa shape index (κ1) is 14.9. The number of carbonyl (C=O) groups excluding carboxylic acids is 1. The minimum Gasteiger partial charge on any atom is -0.355 e. The number of hydrogen-bond donors (Lipinski definition) is 3. The number of hydrogen-bond acceptors (Lipinski definition) is 5. The zero-order valence-electron chi connectivity index (χ0n) is 12.2. The molecule has 21 heavy (non-hydrogen) atoms. The van der Waals surface area contributed by atoms with Gasteiger partial charge >= 0.3 is 0 Å². The summed E-state index contributed by atoms with van der Waals surface area (Å²) in [5.74, 6) is 2.58. The number of aromatic amines is 1. The Morgan fingerprint density at radius 1 is 1.48 bits per heavy atom. The van der Waals surface area contributed by atoms with E-state index in [1.54, 1.807) is 0 Å². The molecular weight excluding hydrogens is 286 g/mol. The number of H-pyrrole nitrogens is 1. The van der Waals surface area contributed by atoms with E-state index in [1.807, 2.05) is 18.0 Å². The van der Waals surface area contributed by atoms with E-state index in [1.165, 1.54) is 30.2 Å². The zero-order chi connectivity index (χ0) is 14.5. The average Bonchev–Trinajstić information content (AvgIpc) is 3.00. The van der Waals surface area contributed by atoms with Gasteiger partial charge in [0, 0.05) is 55.4 Å². The van der Waals surface area contributed by atoms with E-state index in [0.717, 1.165) is 31.7 Å². The summed E-state index contributed by atoms with van der Waals surface area (Å²) in [4.78, 5) is 14.6. The van der Waals surface area contributed by atoms with Crippen molar-refractivity contribution in [3.63, 3.8) is 0 Å². The fourth-order valence-corrected chi connectivity index (χ4v) is 3.80. The summed E-state index contributed by atoms with van der Waals surface area (Å²) >= 11 is 2.03. The van der Waals surface area contributed by atoms with Crippen molar-refractivity contribution < 1.29 is 4.79 Å². The molecule has 1 aromatic rings. The lowest BCUT2D eigenvalue weighted by Gasteiger charge is -2.26. The smallest absolute Gasteiger partial charge is 0.237 e. The number of aromatic nitrogens is 2. The molecule has 0 bridgehead atoms. The van der Waals surface area contributed by atoms with Gasteiger partial charge in [-0.3, -0.25) is 9.89 Å². The Kier molecular flexibility index (Phi) is 5.16. The molecule has 2 aliphatic heterocycles. The number of nitrogens with zero attached hydrogens (tertiary/aromatic N) is 2. The summed E-state index contributed by atoms with van der Waals surface area (Å²) in [7, 11) is 0. The van der Waals surface area contributed by atoms with Crippen molar-refractivity contribution in [2.45, 2.75) is 25.4 Å². The molecule has 1 atom stereocenters. The maximum atomic E-state index is 12.2. The van der Waals surface area contributed by atoms with Crippen LogP contribution in [-0.2, 0) is 17.8 Å². The molecule has 3 heterocycles. The van der Waals surface area contributed by atoms with Crippen LogP contribution in [0.4, 0.5) is 0 Å². The molecule has 0 radical (unpaired) electrons. The molecule has 1 amide bonds. The quantitative estimate of drug-likeness (QED) is 0.667. The maximum Gasteiger partial charge on any atom is 0.237 e. The molecule has 1 unspecified atom stereocenters. The number of rotatable bonds is 5. The average molecular weight is 309 g/mol. The van der Waals surface area contributed by atoms with E-state index < -0.39 is 0 Å². The summed E-state index contributed by atoms with van der Waals surface area (Å²) in [6.45, 7) is 4.94. The summed E-state index contributed by atoms with van der Waals surface area (Å²) in [6.07, 6.45) is 3.55. The molecule has 1 fully saturated rings. The van der Waals surface area contributed by atoms with Crippen LogP contribution in [0.3, 0.4) is 0 Å². The first-order valence-corrected chi connectivity index (χ1v) is 8.81. The van der Waals surface area contributed by atoms with Crippen molar-refractivity contribution in [1.82, 2.24) is 25.7 Å². The van der Waals surface area contributed by atoms with E-state index >= 15 is 0 Å². The van der Waals surface area contributed by atoms with Gasteiger partial charge in [-0.05, 0) is 13.0 Å². The molecule has 0 saturated carbocycles. The molecule has 0 aliphatic carbocycles. The van der Waals surface area contributed by atoms with Crippen LogP contribution in [-0.4, -0.2) is 64.7 Å². The van der Waals surface area contributed by atoms with Crippen molar-refractivity contribution in [2.24, 2.45) is 0 Å². The summed E-state index contributed by atoms with van der Waals surface area (Å²) in [5, 5.41) is 13.3. The second kappa shape index (κ2) is 7.29. The molecule has 7 heteroatoms. The Hall–Kier alpha value is -1.05. The van der Waals surface area contributed by atoms with Crippen LogP contribution in [0.1, 0.15) is 17.7 Å². The van der Waals surface area contributed by atoms with E-state index in [2.05, 4.69) is 25.7 Å². The largest absolute Gasteiger partial charge is 0.355 e. The predicted molar refractivity (Wildman–Crippen MR) is 84.3 cm³/mol. The van der Waals surface area contributed by atoms with Crippen LogP contribution in [0, 0.1) is 0 Å². The SMILES string of the molecule is O=C(NCCCN1CCSCC1)C1Cc2[nH]ncc2CN1. The van der Waals surface area contributed by atoms with Crippen LogP contribution in [0.5, 0.6) is 0 Å². The molecule has 116 valence electrons. The molecule has 1 saturated heterocycles. The van der Waals surface area contributed by atoms with Crippen molar-refractivity contribution in [3.8, 4) is 0 Å². The lowest BCUT2D eigenvalue weighted by molar-refractivity contribution is -0.123. The van der Waals surface area contributed by atoms with Gasteiger partial charge in [0.25, 0.3) is 0 Å². The molecule has 6 nitrogen and oxygen atoms in total. The Labute approximate surface area is 129 Å². The van der Waals surface area contributed by atoms with Crippen molar-refractivity contribution in [3.05, 3.63) is 17.5 Å². The third-order valence-electron chi connectivity index (χ3n) is 4.13. The summed E-state index contributed by atoms with van der Waals surface area (Å²) in [5.41, 5.74) is 2.25. The first-order valence-electron chi connectivity index (χ1n) is 7.65. The minimum atomic E-state index is -0.135. The Morgan fingerprint density at radius 3 is 3.19 bits per heavy atom.